The van der Waals surface area contributed by atoms with Gasteiger partial charge in [-0.05, 0) is 132 Å². The Morgan fingerprint density at radius 3 is 1.68 bits per heavy atom. The van der Waals surface area contributed by atoms with Crippen LogP contribution in [0, 0.1) is 0 Å². The standard InChI is InChI=1S/C59H41N/c1-3-12-43(13-4-1)45-25-27-46(28-26-45)54(36-42-23-33-59-57(37-42)56-20-9-10-21-58(56)60(59)55-18-5-2-6-19-55)35-41-22-24-51-40-53(32-31-50(51)34-41)49-17-11-16-48(39-49)52-30-29-44-14-7-8-15-47(44)38-52/h1-34,36-40H,35H2/b54-36-. The summed E-state index contributed by atoms with van der Waals surface area (Å²) in [5, 5.41) is 7.53. The highest BCUT2D eigenvalue weighted by molar-refractivity contribution is 6.10. The van der Waals surface area contributed by atoms with Crippen LogP contribution in [0.5, 0.6) is 0 Å². The first kappa shape index (κ1) is 35.4. The highest BCUT2D eigenvalue weighted by Gasteiger charge is 2.14. The number of fused-ring (bicyclic) bond motifs is 5. The van der Waals surface area contributed by atoms with E-state index in [2.05, 4.69) is 241 Å². The SMILES string of the molecule is C(=C(\Cc1ccc2cc(-c3cccc(-c4ccc5ccccc5c4)c3)ccc2c1)c1ccc(-c2ccccc2)cc1)/c1ccc2c(c1)c1ccccc1n2-c1ccccc1. The molecule has 282 valence electrons. The van der Waals surface area contributed by atoms with Crippen molar-refractivity contribution in [2.24, 2.45) is 0 Å². The van der Waals surface area contributed by atoms with Crippen molar-refractivity contribution in [1.29, 1.82) is 0 Å². The van der Waals surface area contributed by atoms with E-state index in [1.807, 2.05) is 0 Å². The molecular weight excluding hydrogens is 723 g/mol. The van der Waals surface area contributed by atoms with E-state index >= 15 is 0 Å². The first-order valence-corrected chi connectivity index (χ1v) is 20.8. The third-order valence-electron chi connectivity index (χ3n) is 12.0. The van der Waals surface area contributed by atoms with Crippen molar-refractivity contribution >= 4 is 55.0 Å². The fourth-order valence-electron chi connectivity index (χ4n) is 8.93. The molecule has 0 saturated carbocycles. The molecular formula is C59H41N. The molecule has 1 aromatic heterocycles. The minimum absolute atomic E-state index is 0.806. The molecule has 0 unspecified atom stereocenters. The van der Waals surface area contributed by atoms with Crippen LogP contribution in [0.2, 0.25) is 0 Å². The number of benzene rings is 10. The molecule has 0 aliphatic heterocycles. The summed E-state index contributed by atoms with van der Waals surface area (Å²) in [6, 6.07) is 84.1. The summed E-state index contributed by atoms with van der Waals surface area (Å²) in [6.07, 6.45) is 3.20. The van der Waals surface area contributed by atoms with E-state index in [0.717, 1.165) is 6.42 Å². The molecule has 1 heteroatoms. The van der Waals surface area contributed by atoms with Gasteiger partial charge in [-0.3, -0.25) is 0 Å². The first-order valence-electron chi connectivity index (χ1n) is 20.8. The zero-order chi connectivity index (χ0) is 39.8. The van der Waals surface area contributed by atoms with Crippen molar-refractivity contribution in [2.45, 2.75) is 6.42 Å². The van der Waals surface area contributed by atoms with Gasteiger partial charge in [0.25, 0.3) is 0 Å². The molecule has 0 aliphatic carbocycles. The fraction of sp³-hybridized carbons (Fsp3) is 0.0169. The third kappa shape index (κ3) is 6.77. The Kier molecular flexibility index (Phi) is 8.98. The van der Waals surface area contributed by atoms with Gasteiger partial charge in [-0.15, -0.1) is 0 Å². The highest BCUT2D eigenvalue weighted by atomic mass is 15.0. The number of para-hydroxylation sites is 2. The predicted octanol–water partition coefficient (Wildman–Crippen LogP) is 15.9. The molecule has 0 aliphatic rings. The molecule has 60 heavy (non-hydrogen) atoms. The van der Waals surface area contributed by atoms with Crippen molar-refractivity contribution in [3.63, 3.8) is 0 Å². The average Bonchev–Trinajstić information content (AvgIpc) is 3.65. The number of hydrogen-bond acceptors (Lipinski definition) is 0. The summed E-state index contributed by atoms with van der Waals surface area (Å²) in [5.74, 6) is 0. The maximum absolute atomic E-state index is 2.39. The summed E-state index contributed by atoms with van der Waals surface area (Å²) in [6.45, 7) is 0. The Bertz CT molecular complexity index is 3370. The van der Waals surface area contributed by atoms with Crippen LogP contribution in [-0.2, 0) is 6.42 Å². The number of hydrogen-bond donors (Lipinski definition) is 0. The van der Waals surface area contributed by atoms with Gasteiger partial charge in [-0.2, -0.15) is 0 Å². The Morgan fingerprint density at radius 1 is 0.350 bits per heavy atom. The normalized spacial score (nSPS) is 11.8. The number of allylic oxidation sites excluding steroid dienone is 1. The summed E-state index contributed by atoms with van der Waals surface area (Å²) in [4.78, 5) is 0. The molecule has 0 radical (unpaired) electrons. The number of nitrogens with zero attached hydrogens (tertiary/aromatic N) is 1. The second-order valence-corrected chi connectivity index (χ2v) is 15.8. The van der Waals surface area contributed by atoms with Gasteiger partial charge in [0.15, 0.2) is 0 Å². The molecule has 0 amide bonds. The van der Waals surface area contributed by atoms with Gasteiger partial charge < -0.3 is 4.57 Å². The van der Waals surface area contributed by atoms with Gasteiger partial charge in [0.2, 0.25) is 0 Å². The van der Waals surface area contributed by atoms with E-state index in [9.17, 15) is 0 Å². The van der Waals surface area contributed by atoms with Crippen LogP contribution < -0.4 is 0 Å². The molecule has 1 heterocycles. The lowest BCUT2D eigenvalue weighted by molar-refractivity contribution is 1.18. The van der Waals surface area contributed by atoms with Crippen LogP contribution in [-0.4, -0.2) is 4.57 Å². The molecule has 11 aromatic rings. The minimum atomic E-state index is 0.806. The van der Waals surface area contributed by atoms with Gasteiger partial charge in [0.1, 0.15) is 0 Å². The lowest BCUT2D eigenvalue weighted by atomic mass is 9.92. The van der Waals surface area contributed by atoms with E-state index in [1.54, 1.807) is 0 Å². The molecule has 10 aromatic carbocycles. The summed E-state index contributed by atoms with van der Waals surface area (Å²) in [7, 11) is 0. The lowest BCUT2D eigenvalue weighted by Gasteiger charge is -2.13. The van der Waals surface area contributed by atoms with E-state index in [-0.39, 0.29) is 0 Å². The predicted molar refractivity (Wildman–Crippen MR) is 257 cm³/mol. The van der Waals surface area contributed by atoms with Crippen molar-refractivity contribution in [3.8, 4) is 39.1 Å². The van der Waals surface area contributed by atoms with Gasteiger partial charge in [-0.25, -0.2) is 0 Å². The van der Waals surface area contributed by atoms with E-state index < -0.39 is 0 Å². The van der Waals surface area contributed by atoms with Gasteiger partial charge in [0, 0.05) is 16.5 Å². The van der Waals surface area contributed by atoms with Crippen molar-refractivity contribution in [1.82, 2.24) is 4.57 Å². The second-order valence-electron chi connectivity index (χ2n) is 15.8. The van der Waals surface area contributed by atoms with Crippen molar-refractivity contribution in [2.75, 3.05) is 0 Å². The topological polar surface area (TPSA) is 4.93 Å². The van der Waals surface area contributed by atoms with Crippen LogP contribution in [0.15, 0.2) is 231 Å². The zero-order valence-corrected chi connectivity index (χ0v) is 33.2. The van der Waals surface area contributed by atoms with Gasteiger partial charge in [0.05, 0.1) is 11.0 Å². The smallest absolute Gasteiger partial charge is 0.0541 e. The third-order valence-corrected chi connectivity index (χ3v) is 12.0. The van der Waals surface area contributed by atoms with Crippen LogP contribution in [0.4, 0.5) is 0 Å². The van der Waals surface area contributed by atoms with Crippen LogP contribution in [0.3, 0.4) is 0 Å². The van der Waals surface area contributed by atoms with Gasteiger partial charge in [-0.1, -0.05) is 188 Å². The first-order chi connectivity index (χ1) is 29.7. The van der Waals surface area contributed by atoms with Crippen molar-refractivity contribution < 1.29 is 0 Å². The Morgan fingerprint density at radius 2 is 0.900 bits per heavy atom. The molecule has 0 fully saturated rings. The largest absolute Gasteiger partial charge is 0.309 e. The Hall–Kier alpha value is -7.74. The minimum Gasteiger partial charge on any atom is -0.309 e. The number of rotatable bonds is 8. The molecule has 0 bridgehead atoms. The quantitative estimate of drug-likeness (QED) is 0.136. The molecule has 0 spiro atoms. The van der Waals surface area contributed by atoms with Crippen LogP contribution >= 0.6 is 0 Å². The highest BCUT2D eigenvalue weighted by Crippen LogP contribution is 2.35. The number of aromatic nitrogens is 1. The molecule has 0 atom stereocenters. The van der Waals surface area contributed by atoms with E-state index in [1.165, 1.54) is 105 Å². The van der Waals surface area contributed by atoms with Crippen LogP contribution in [0.25, 0.3) is 94.1 Å². The molecule has 11 rings (SSSR count). The summed E-state index contributed by atoms with van der Waals surface area (Å²) < 4.78 is 2.38. The maximum Gasteiger partial charge on any atom is 0.0541 e. The maximum atomic E-state index is 2.39. The summed E-state index contributed by atoms with van der Waals surface area (Å²) in [5.41, 5.74) is 15.9. The van der Waals surface area contributed by atoms with E-state index in [0.29, 0.717) is 0 Å². The van der Waals surface area contributed by atoms with Crippen LogP contribution in [0.1, 0.15) is 16.7 Å². The van der Waals surface area contributed by atoms with E-state index in [4.69, 9.17) is 0 Å². The molecule has 0 saturated heterocycles. The fourth-order valence-corrected chi connectivity index (χ4v) is 8.93. The molecule has 0 N–H and O–H groups in total. The second kappa shape index (κ2) is 15.2. The molecule has 1 nitrogen and oxygen atoms in total. The average molecular weight is 764 g/mol. The zero-order valence-electron chi connectivity index (χ0n) is 33.2. The Balaban J connectivity index is 0.951. The van der Waals surface area contributed by atoms with Crippen molar-refractivity contribution in [3.05, 3.63) is 247 Å². The lowest BCUT2D eigenvalue weighted by Crippen LogP contribution is -1.94. The summed E-state index contributed by atoms with van der Waals surface area (Å²) >= 11 is 0. The monoisotopic (exact) mass is 763 g/mol. The van der Waals surface area contributed by atoms with Gasteiger partial charge >= 0.3 is 0 Å². The Labute approximate surface area is 350 Å².